The standard InChI is InChI=1S/C14H9BF5/c1-6-3-8(11(18)4-9(6)16)15-13-12(19)5-10(17)7(2)14(13)20/h3-5H,1-2H3. The molecule has 6 heteroatoms. The summed E-state index contributed by atoms with van der Waals surface area (Å²) in [7, 11) is 0.888. The molecule has 0 saturated heterocycles. The molecule has 1 radical (unpaired) electrons. The quantitative estimate of drug-likeness (QED) is 0.587. The number of benzene rings is 2. The van der Waals surface area contributed by atoms with Crippen molar-refractivity contribution in [3.8, 4) is 0 Å². The first-order valence-electron chi connectivity index (χ1n) is 5.75. The Morgan fingerprint density at radius 3 is 2.00 bits per heavy atom. The van der Waals surface area contributed by atoms with E-state index >= 15 is 0 Å². The van der Waals surface area contributed by atoms with E-state index in [0.29, 0.717) is 12.1 Å². The Hall–Kier alpha value is -1.85. The van der Waals surface area contributed by atoms with Gasteiger partial charge < -0.3 is 0 Å². The Labute approximate surface area is 113 Å². The minimum Gasteiger partial charge on any atom is -0.208 e. The molecule has 2 aromatic rings. The summed E-state index contributed by atoms with van der Waals surface area (Å²) in [5.74, 6) is -4.98. The highest BCUT2D eigenvalue weighted by molar-refractivity contribution is 6.67. The van der Waals surface area contributed by atoms with E-state index in [0.717, 1.165) is 20.3 Å². The zero-order chi connectivity index (χ0) is 15.0. The van der Waals surface area contributed by atoms with Crippen LogP contribution in [-0.2, 0) is 0 Å². The van der Waals surface area contributed by atoms with Gasteiger partial charge in [0.25, 0.3) is 0 Å². The van der Waals surface area contributed by atoms with Crippen LogP contribution >= 0.6 is 0 Å². The van der Waals surface area contributed by atoms with E-state index in [4.69, 9.17) is 0 Å². The fraction of sp³-hybridized carbons (Fsp3) is 0.143. The van der Waals surface area contributed by atoms with Gasteiger partial charge in [0.05, 0.1) is 0 Å². The van der Waals surface area contributed by atoms with Crippen molar-refractivity contribution in [3.05, 3.63) is 58.4 Å². The summed E-state index contributed by atoms with van der Waals surface area (Å²) in [4.78, 5) is 0. The minimum atomic E-state index is -1.15. The van der Waals surface area contributed by atoms with E-state index < -0.39 is 34.5 Å². The number of halogens is 5. The lowest BCUT2D eigenvalue weighted by Crippen LogP contribution is -2.35. The molecule has 0 aliphatic carbocycles. The molecule has 0 unspecified atom stereocenters. The Kier molecular flexibility index (Phi) is 3.83. The van der Waals surface area contributed by atoms with E-state index in [9.17, 15) is 22.0 Å². The highest BCUT2D eigenvalue weighted by Gasteiger charge is 2.19. The maximum Gasteiger partial charge on any atom is 0.203 e. The van der Waals surface area contributed by atoms with Gasteiger partial charge in [-0.25, -0.2) is 22.0 Å². The number of hydrogen-bond donors (Lipinski definition) is 0. The van der Waals surface area contributed by atoms with Crippen LogP contribution < -0.4 is 10.9 Å². The summed E-state index contributed by atoms with van der Waals surface area (Å²) in [5, 5.41) is 0. The summed E-state index contributed by atoms with van der Waals surface area (Å²) < 4.78 is 67.2. The molecule has 0 atom stereocenters. The van der Waals surface area contributed by atoms with Crippen LogP contribution in [-0.4, -0.2) is 7.28 Å². The predicted molar refractivity (Wildman–Crippen MR) is 67.2 cm³/mol. The summed E-state index contributed by atoms with van der Waals surface area (Å²) in [6, 6.07) is 2.29. The molecular weight excluding hydrogens is 274 g/mol. The van der Waals surface area contributed by atoms with Gasteiger partial charge >= 0.3 is 0 Å². The lowest BCUT2D eigenvalue weighted by molar-refractivity contribution is 0.542. The average molecular weight is 283 g/mol. The second-order valence-electron chi connectivity index (χ2n) is 4.46. The average Bonchev–Trinajstić information content (AvgIpc) is 2.38. The molecule has 0 aliphatic rings. The van der Waals surface area contributed by atoms with Gasteiger partial charge in [-0.05, 0) is 30.3 Å². The van der Waals surface area contributed by atoms with Crippen LogP contribution in [0.15, 0.2) is 18.2 Å². The van der Waals surface area contributed by atoms with Gasteiger partial charge in [-0.3, -0.25) is 0 Å². The molecule has 0 aliphatic heterocycles. The summed E-state index contributed by atoms with van der Waals surface area (Å²) in [6.45, 7) is 2.54. The molecule has 2 rings (SSSR count). The van der Waals surface area contributed by atoms with Crippen molar-refractivity contribution in [2.24, 2.45) is 0 Å². The molecular formula is C14H9BF5. The molecule has 0 amide bonds. The fourth-order valence-corrected chi connectivity index (χ4v) is 1.79. The van der Waals surface area contributed by atoms with E-state index in [1.165, 1.54) is 6.92 Å². The zero-order valence-electron chi connectivity index (χ0n) is 10.7. The van der Waals surface area contributed by atoms with Gasteiger partial charge in [0, 0.05) is 17.7 Å². The SMILES string of the molecule is Cc1cc([B]c2c(F)cc(F)c(C)c2F)c(F)cc1F. The van der Waals surface area contributed by atoms with Gasteiger partial charge in [-0.15, -0.1) is 0 Å². The van der Waals surface area contributed by atoms with Gasteiger partial charge in [-0.1, -0.05) is 6.07 Å². The fourth-order valence-electron chi connectivity index (χ4n) is 1.79. The van der Waals surface area contributed by atoms with Crippen molar-refractivity contribution in [3.63, 3.8) is 0 Å². The summed E-state index contributed by atoms with van der Waals surface area (Å²) in [6.07, 6.45) is 0. The molecule has 0 saturated carbocycles. The van der Waals surface area contributed by atoms with Gasteiger partial charge in [0.15, 0.2) is 0 Å². The van der Waals surface area contributed by atoms with Crippen molar-refractivity contribution in [2.75, 3.05) is 0 Å². The van der Waals surface area contributed by atoms with E-state index in [1.54, 1.807) is 0 Å². The number of aryl methyl sites for hydroxylation is 1. The van der Waals surface area contributed by atoms with E-state index in [-0.39, 0.29) is 16.6 Å². The lowest BCUT2D eigenvalue weighted by atomic mass is 9.62. The molecule has 103 valence electrons. The topological polar surface area (TPSA) is 0 Å². The Morgan fingerprint density at radius 2 is 1.35 bits per heavy atom. The third kappa shape index (κ3) is 2.55. The molecule has 0 spiro atoms. The highest BCUT2D eigenvalue weighted by atomic mass is 19.2. The van der Waals surface area contributed by atoms with Crippen molar-refractivity contribution in [1.82, 2.24) is 0 Å². The highest BCUT2D eigenvalue weighted by Crippen LogP contribution is 2.12. The van der Waals surface area contributed by atoms with Gasteiger partial charge in [-0.2, -0.15) is 0 Å². The van der Waals surface area contributed by atoms with Crippen LogP contribution in [0.3, 0.4) is 0 Å². The van der Waals surface area contributed by atoms with Crippen LogP contribution in [0.5, 0.6) is 0 Å². The zero-order valence-corrected chi connectivity index (χ0v) is 10.7. The van der Waals surface area contributed by atoms with Crippen LogP contribution in [0.1, 0.15) is 11.1 Å². The molecule has 0 aromatic heterocycles. The lowest BCUT2D eigenvalue weighted by Gasteiger charge is -2.09. The second kappa shape index (κ2) is 5.27. The predicted octanol–water partition coefficient (Wildman–Crippen LogP) is 2.65. The van der Waals surface area contributed by atoms with Crippen LogP contribution in [0.2, 0.25) is 0 Å². The Bertz CT molecular complexity index is 682. The molecule has 20 heavy (non-hydrogen) atoms. The largest absolute Gasteiger partial charge is 0.208 e. The van der Waals surface area contributed by atoms with Gasteiger partial charge in [0.2, 0.25) is 7.28 Å². The van der Waals surface area contributed by atoms with E-state index in [2.05, 4.69) is 0 Å². The first kappa shape index (κ1) is 14.6. The van der Waals surface area contributed by atoms with Crippen molar-refractivity contribution in [2.45, 2.75) is 13.8 Å². The Morgan fingerprint density at radius 1 is 0.750 bits per heavy atom. The van der Waals surface area contributed by atoms with Crippen molar-refractivity contribution < 1.29 is 22.0 Å². The monoisotopic (exact) mass is 283 g/mol. The Balaban J connectivity index is 2.51. The van der Waals surface area contributed by atoms with E-state index in [1.807, 2.05) is 0 Å². The summed E-state index contributed by atoms with van der Waals surface area (Å²) in [5.41, 5.74) is -0.962. The van der Waals surface area contributed by atoms with Crippen LogP contribution in [0, 0.1) is 42.9 Å². The molecule has 0 N–H and O–H groups in total. The number of rotatable bonds is 2. The first-order chi connectivity index (χ1) is 9.31. The van der Waals surface area contributed by atoms with Crippen molar-refractivity contribution >= 4 is 18.2 Å². The first-order valence-corrected chi connectivity index (χ1v) is 5.75. The normalized spacial score (nSPS) is 10.8. The summed E-state index contributed by atoms with van der Waals surface area (Å²) >= 11 is 0. The smallest absolute Gasteiger partial charge is 0.203 e. The van der Waals surface area contributed by atoms with Crippen LogP contribution in [0.4, 0.5) is 22.0 Å². The molecule has 0 heterocycles. The maximum absolute atomic E-state index is 13.8. The molecule has 0 nitrogen and oxygen atoms in total. The second-order valence-corrected chi connectivity index (χ2v) is 4.46. The molecule has 0 bridgehead atoms. The third-order valence-electron chi connectivity index (χ3n) is 3.01. The minimum absolute atomic E-state index is 0.136. The molecule has 0 fully saturated rings. The third-order valence-corrected chi connectivity index (χ3v) is 3.01. The molecule has 2 aromatic carbocycles. The van der Waals surface area contributed by atoms with Gasteiger partial charge in [0.1, 0.15) is 29.1 Å². The van der Waals surface area contributed by atoms with Crippen LogP contribution in [0.25, 0.3) is 0 Å². The maximum atomic E-state index is 13.8. The number of hydrogen-bond acceptors (Lipinski definition) is 0. The van der Waals surface area contributed by atoms with Crippen molar-refractivity contribution in [1.29, 1.82) is 0 Å².